The van der Waals surface area contributed by atoms with Crippen molar-refractivity contribution in [1.82, 2.24) is 0 Å². The standard InChI is InChI=1S/C26H36O8/c1-6-15(2)22(29)33-20-21(32-16(3)27)24(5)18(9-11-25(34-24)12-19(28)30-13-25)17-8-7-10-26(14-31-26)23(17,20)4/h6,17-18,20-21H,7-14H2,1-5H3/b15-6+/t17?,18?,20-,21-,23?,24?,25?,26?/m0/s1. The smallest absolute Gasteiger partial charge is 0.333 e. The first-order chi connectivity index (χ1) is 16.0. The molecule has 5 fully saturated rings. The van der Waals surface area contributed by atoms with Gasteiger partial charge in [-0.2, -0.15) is 0 Å². The third kappa shape index (κ3) is 3.28. The van der Waals surface area contributed by atoms with Crippen molar-refractivity contribution in [1.29, 1.82) is 0 Å². The molecule has 6 unspecified atom stereocenters. The SMILES string of the molecule is C/C=C(\C)C(=O)O[C@H]1[C@H](OC(C)=O)C2(C)OC3(CCC2C2CCCC4(CO4)C21C)COC(=O)C3. The van der Waals surface area contributed by atoms with Gasteiger partial charge in [-0.1, -0.05) is 19.4 Å². The Morgan fingerprint density at radius 3 is 2.35 bits per heavy atom. The Bertz CT molecular complexity index is 937. The molecule has 34 heavy (non-hydrogen) atoms. The summed E-state index contributed by atoms with van der Waals surface area (Å²) in [5, 5.41) is 0. The Hall–Kier alpha value is -1.93. The lowest BCUT2D eigenvalue weighted by Crippen LogP contribution is -2.75. The normalized spacial score (nSPS) is 47.6. The summed E-state index contributed by atoms with van der Waals surface area (Å²) in [6.07, 6.45) is 4.69. The minimum atomic E-state index is -0.940. The molecule has 0 aromatic heterocycles. The fourth-order valence-electron chi connectivity index (χ4n) is 7.60. The molecular formula is C26H36O8. The molecule has 0 aromatic carbocycles. The van der Waals surface area contributed by atoms with Gasteiger partial charge in [-0.25, -0.2) is 4.79 Å². The lowest BCUT2D eigenvalue weighted by molar-refractivity contribution is -0.325. The van der Waals surface area contributed by atoms with E-state index in [2.05, 4.69) is 6.92 Å². The highest BCUT2D eigenvalue weighted by Crippen LogP contribution is 2.68. The molecule has 0 radical (unpaired) electrons. The molecule has 3 heterocycles. The van der Waals surface area contributed by atoms with Crippen molar-refractivity contribution in [2.45, 2.75) is 102 Å². The van der Waals surface area contributed by atoms with E-state index >= 15 is 0 Å². The zero-order chi connectivity index (χ0) is 24.5. The molecule has 188 valence electrons. The van der Waals surface area contributed by atoms with Crippen LogP contribution in [0.5, 0.6) is 0 Å². The Morgan fingerprint density at radius 1 is 1.03 bits per heavy atom. The van der Waals surface area contributed by atoms with Gasteiger partial charge in [0.05, 0.1) is 13.0 Å². The second-order valence-corrected chi connectivity index (χ2v) is 11.3. The molecule has 8 atom stereocenters. The van der Waals surface area contributed by atoms with E-state index in [1.165, 1.54) is 6.92 Å². The lowest BCUT2D eigenvalue weighted by atomic mass is 9.45. The van der Waals surface area contributed by atoms with Crippen molar-refractivity contribution in [2.24, 2.45) is 17.3 Å². The minimum absolute atomic E-state index is 0.0577. The van der Waals surface area contributed by atoms with Gasteiger partial charge in [-0.05, 0) is 58.3 Å². The van der Waals surface area contributed by atoms with E-state index in [1.807, 2.05) is 6.92 Å². The van der Waals surface area contributed by atoms with Crippen molar-refractivity contribution < 1.29 is 38.1 Å². The number of allylic oxidation sites excluding steroid dienone is 1. The molecule has 3 aliphatic heterocycles. The summed E-state index contributed by atoms with van der Waals surface area (Å²) in [6, 6.07) is 0. The zero-order valence-electron chi connectivity index (χ0n) is 20.8. The van der Waals surface area contributed by atoms with Gasteiger partial charge >= 0.3 is 17.9 Å². The van der Waals surface area contributed by atoms with Crippen LogP contribution in [0.4, 0.5) is 0 Å². The van der Waals surface area contributed by atoms with E-state index in [9.17, 15) is 14.4 Å². The highest BCUT2D eigenvalue weighted by Gasteiger charge is 2.77. The van der Waals surface area contributed by atoms with Crippen molar-refractivity contribution in [3.05, 3.63) is 11.6 Å². The molecule has 0 N–H and O–H groups in total. The van der Waals surface area contributed by atoms with Gasteiger partial charge in [0.1, 0.15) is 23.4 Å². The van der Waals surface area contributed by atoms with E-state index in [4.69, 9.17) is 23.7 Å². The Morgan fingerprint density at radius 2 is 1.76 bits per heavy atom. The zero-order valence-corrected chi connectivity index (χ0v) is 20.8. The van der Waals surface area contributed by atoms with Crippen molar-refractivity contribution >= 4 is 17.9 Å². The minimum Gasteiger partial charge on any atom is -0.463 e. The second kappa shape index (κ2) is 7.79. The number of fused-ring (bicyclic) bond motifs is 4. The number of cyclic esters (lactones) is 1. The first-order valence-electron chi connectivity index (χ1n) is 12.5. The highest BCUT2D eigenvalue weighted by molar-refractivity contribution is 5.87. The van der Waals surface area contributed by atoms with Gasteiger partial charge in [0.2, 0.25) is 0 Å². The number of rotatable bonds is 3. The van der Waals surface area contributed by atoms with Crippen LogP contribution in [0, 0.1) is 17.3 Å². The van der Waals surface area contributed by atoms with Gasteiger partial charge in [-0.15, -0.1) is 0 Å². The third-order valence-corrected chi connectivity index (χ3v) is 9.59. The molecule has 2 saturated carbocycles. The average molecular weight is 477 g/mol. The molecule has 0 amide bonds. The lowest BCUT2D eigenvalue weighted by Gasteiger charge is -2.65. The molecular weight excluding hydrogens is 440 g/mol. The Balaban J connectivity index is 1.62. The maximum absolute atomic E-state index is 13.1. The Kier molecular flexibility index (Phi) is 5.45. The highest BCUT2D eigenvalue weighted by atomic mass is 16.6. The predicted molar refractivity (Wildman–Crippen MR) is 120 cm³/mol. The fraction of sp³-hybridized carbons (Fsp3) is 0.808. The average Bonchev–Trinajstić information content (AvgIpc) is 3.48. The molecule has 2 spiro atoms. The number of esters is 3. The molecule has 5 rings (SSSR count). The van der Waals surface area contributed by atoms with Gasteiger partial charge in [0, 0.05) is 17.9 Å². The molecule has 0 bridgehead atoms. The van der Waals surface area contributed by atoms with E-state index in [1.54, 1.807) is 19.9 Å². The van der Waals surface area contributed by atoms with Gasteiger partial charge in [0.25, 0.3) is 0 Å². The summed E-state index contributed by atoms with van der Waals surface area (Å²) in [5.41, 5.74) is -2.12. The van der Waals surface area contributed by atoms with Crippen molar-refractivity contribution in [3.8, 4) is 0 Å². The maximum atomic E-state index is 13.1. The van der Waals surface area contributed by atoms with E-state index in [0.29, 0.717) is 18.6 Å². The topological polar surface area (TPSA) is 101 Å². The quantitative estimate of drug-likeness (QED) is 0.265. The summed E-state index contributed by atoms with van der Waals surface area (Å²) in [6.45, 7) is 9.79. The third-order valence-electron chi connectivity index (χ3n) is 9.59. The number of ether oxygens (including phenoxy) is 5. The van der Waals surface area contributed by atoms with Crippen LogP contribution >= 0.6 is 0 Å². The van der Waals surface area contributed by atoms with Crippen LogP contribution in [0.3, 0.4) is 0 Å². The van der Waals surface area contributed by atoms with Crippen LogP contribution in [0.1, 0.15) is 73.1 Å². The largest absolute Gasteiger partial charge is 0.463 e. The van der Waals surface area contributed by atoms with Crippen LogP contribution in [-0.4, -0.2) is 60.1 Å². The van der Waals surface area contributed by atoms with Crippen LogP contribution < -0.4 is 0 Å². The molecule has 8 nitrogen and oxygen atoms in total. The van der Waals surface area contributed by atoms with Crippen LogP contribution in [0.15, 0.2) is 11.6 Å². The summed E-state index contributed by atoms with van der Waals surface area (Å²) < 4.78 is 30.5. The van der Waals surface area contributed by atoms with Gasteiger partial charge < -0.3 is 23.7 Å². The molecule has 0 aromatic rings. The number of hydrogen-bond acceptors (Lipinski definition) is 8. The molecule has 2 aliphatic carbocycles. The number of carbonyl (C=O) groups excluding carboxylic acids is 3. The number of carbonyl (C=O) groups is 3. The summed E-state index contributed by atoms with van der Waals surface area (Å²) in [7, 11) is 0. The van der Waals surface area contributed by atoms with Gasteiger partial charge in [-0.3, -0.25) is 9.59 Å². The Labute approximate surface area is 200 Å². The summed E-state index contributed by atoms with van der Waals surface area (Å²) in [5.74, 6) is -0.958. The monoisotopic (exact) mass is 476 g/mol. The van der Waals surface area contributed by atoms with Crippen molar-refractivity contribution in [2.75, 3.05) is 13.2 Å². The van der Waals surface area contributed by atoms with E-state index in [0.717, 1.165) is 25.7 Å². The van der Waals surface area contributed by atoms with Crippen LogP contribution in [-0.2, 0) is 38.1 Å². The first kappa shape index (κ1) is 23.8. The van der Waals surface area contributed by atoms with Gasteiger partial charge in [0.15, 0.2) is 12.2 Å². The van der Waals surface area contributed by atoms with Crippen LogP contribution in [0.25, 0.3) is 0 Å². The predicted octanol–water partition coefficient (Wildman–Crippen LogP) is 3.26. The number of epoxide rings is 1. The number of hydrogen-bond donors (Lipinski definition) is 0. The second-order valence-electron chi connectivity index (χ2n) is 11.3. The summed E-state index contributed by atoms with van der Waals surface area (Å²) in [4.78, 5) is 37.6. The van der Waals surface area contributed by atoms with E-state index in [-0.39, 0.29) is 30.8 Å². The molecule has 5 aliphatic rings. The van der Waals surface area contributed by atoms with E-state index < -0.39 is 46.4 Å². The summed E-state index contributed by atoms with van der Waals surface area (Å²) >= 11 is 0. The van der Waals surface area contributed by atoms with Crippen LogP contribution in [0.2, 0.25) is 0 Å². The fourth-order valence-corrected chi connectivity index (χ4v) is 7.60. The van der Waals surface area contributed by atoms with Crippen molar-refractivity contribution in [3.63, 3.8) is 0 Å². The molecule has 3 saturated heterocycles. The maximum Gasteiger partial charge on any atom is 0.333 e. The molecule has 8 heteroatoms. The first-order valence-corrected chi connectivity index (χ1v) is 12.5.